The summed E-state index contributed by atoms with van der Waals surface area (Å²) in [5.41, 5.74) is 4.50. The Hall–Kier alpha value is -6.07. The summed E-state index contributed by atoms with van der Waals surface area (Å²) >= 11 is 5.67. The fraction of sp³-hybridized carbons (Fsp3) is 0.158. The van der Waals surface area contributed by atoms with Gasteiger partial charge >= 0.3 is 0 Å². The van der Waals surface area contributed by atoms with Gasteiger partial charge in [-0.05, 0) is 63.1 Å². The van der Waals surface area contributed by atoms with Crippen LogP contribution in [-0.4, -0.2) is 59.2 Å². The molecular formula is C38H35ClN8O3. The van der Waals surface area contributed by atoms with Gasteiger partial charge in [0, 0.05) is 46.3 Å². The molecule has 12 heteroatoms. The van der Waals surface area contributed by atoms with Gasteiger partial charge in [0.15, 0.2) is 0 Å². The number of aryl methyl sites for hydroxylation is 4. The maximum Gasteiger partial charge on any atom is 0.223 e. The molecule has 0 aliphatic rings. The largest absolute Gasteiger partial charge is 0.506 e. The molecule has 0 bridgehead atoms. The first-order valence-corrected chi connectivity index (χ1v) is 15.9. The summed E-state index contributed by atoms with van der Waals surface area (Å²) in [5.74, 6) is 3.97. The summed E-state index contributed by atoms with van der Waals surface area (Å²) in [6.45, 7) is 7.64. The van der Waals surface area contributed by atoms with Crippen LogP contribution in [0.25, 0.3) is 43.6 Å². The second-order valence-corrected chi connectivity index (χ2v) is 11.3. The molecule has 0 aliphatic heterocycles. The number of phenolic OH excluding ortho intramolecular Hbond substituents is 1. The minimum absolute atomic E-state index is 0.206. The van der Waals surface area contributed by atoms with Crippen LogP contribution in [0.3, 0.4) is 0 Å². The molecule has 0 saturated heterocycles. The van der Waals surface area contributed by atoms with E-state index in [1.807, 2.05) is 74.6 Å². The number of nitrogens with zero attached hydrogens (tertiary/aromatic N) is 8. The molecule has 0 unspecified atom stereocenters. The van der Waals surface area contributed by atoms with Crippen molar-refractivity contribution in [3.8, 4) is 17.2 Å². The van der Waals surface area contributed by atoms with Gasteiger partial charge in [0.2, 0.25) is 5.28 Å². The van der Waals surface area contributed by atoms with Gasteiger partial charge in [-0.2, -0.15) is 0 Å². The molecule has 8 rings (SSSR count). The van der Waals surface area contributed by atoms with Gasteiger partial charge in [-0.1, -0.05) is 54.6 Å². The number of halogens is 1. The van der Waals surface area contributed by atoms with Crippen molar-refractivity contribution in [2.24, 2.45) is 0 Å². The first-order valence-electron chi connectivity index (χ1n) is 15.5. The van der Waals surface area contributed by atoms with Crippen LogP contribution >= 0.6 is 11.6 Å². The van der Waals surface area contributed by atoms with Crippen LogP contribution in [0.4, 0.5) is 0 Å². The molecule has 0 radical (unpaired) electrons. The number of aromatic nitrogens is 8. The van der Waals surface area contributed by atoms with E-state index in [1.165, 1.54) is 5.56 Å². The summed E-state index contributed by atoms with van der Waals surface area (Å²) in [7, 11) is 3.25. The molecule has 0 aliphatic carbocycles. The average molecular weight is 687 g/mol. The SMILES string of the molecule is COc1cccc2cnc(C)nc12.COc1cccc2cnc(Cl)nc12.Cc1ncc2cccc(C)c2n1.Cc1ncc2cccc(O)c2n1. The molecule has 50 heavy (non-hydrogen) atoms. The fourth-order valence-corrected chi connectivity index (χ4v) is 5.01. The summed E-state index contributed by atoms with van der Waals surface area (Å²) in [4.78, 5) is 33.0. The molecule has 1 N–H and O–H groups in total. The second kappa shape index (κ2) is 16.4. The monoisotopic (exact) mass is 686 g/mol. The minimum atomic E-state index is 0.206. The van der Waals surface area contributed by atoms with Crippen molar-refractivity contribution in [2.75, 3.05) is 14.2 Å². The molecular weight excluding hydrogens is 652 g/mol. The number of para-hydroxylation sites is 4. The van der Waals surface area contributed by atoms with Crippen LogP contribution < -0.4 is 9.47 Å². The number of ether oxygens (including phenoxy) is 2. The van der Waals surface area contributed by atoms with E-state index in [1.54, 1.807) is 51.9 Å². The highest BCUT2D eigenvalue weighted by molar-refractivity contribution is 6.28. The maximum absolute atomic E-state index is 9.41. The summed E-state index contributed by atoms with van der Waals surface area (Å²) in [6.07, 6.45) is 7.05. The lowest BCUT2D eigenvalue weighted by atomic mass is 10.1. The molecule has 0 amide bonds. The van der Waals surface area contributed by atoms with E-state index in [-0.39, 0.29) is 11.0 Å². The molecule has 0 saturated carbocycles. The highest BCUT2D eigenvalue weighted by Gasteiger charge is 2.04. The number of rotatable bonds is 2. The maximum atomic E-state index is 9.41. The van der Waals surface area contributed by atoms with Crippen molar-refractivity contribution in [2.45, 2.75) is 27.7 Å². The standard InChI is InChI=1S/C10H10N2O.C10H10N2.C9H7ClN2O.C9H8N2O/c1-7-11-6-8-4-3-5-9(13-2)10(8)12-7;1-7-4-3-5-9-6-11-8(2)12-10(7)9;1-13-7-4-2-3-6-5-11-9(10)12-8(6)7;1-6-10-5-7-3-2-4-8(12)9(7)11-6/h3-6H,1-2H3;3-6H,1-2H3;2-5H,1H3;2-5,12H,1H3. The molecule has 4 aromatic carbocycles. The summed E-state index contributed by atoms with van der Waals surface area (Å²) in [6, 6.07) is 22.8. The van der Waals surface area contributed by atoms with Crippen LogP contribution in [-0.2, 0) is 0 Å². The van der Waals surface area contributed by atoms with Crippen LogP contribution in [0.15, 0.2) is 97.6 Å². The zero-order chi connectivity index (χ0) is 35.6. The van der Waals surface area contributed by atoms with Gasteiger partial charge in [0.1, 0.15) is 51.3 Å². The average Bonchev–Trinajstić information content (AvgIpc) is 3.12. The number of benzene rings is 4. The third-order valence-electron chi connectivity index (χ3n) is 7.32. The normalized spacial score (nSPS) is 10.4. The Kier molecular flexibility index (Phi) is 11.5. The molecule has 0 fully saturated rings. The first kappa shape index (κ1) is 35.2. The Labute approximate surface area is 294 Å². The quantitative estimate of drug-likeness (QED) is 0.176. The smallest absolute Gasteiger partial charge is 0.223 e. The second-order valence-electron chi connectivity index (χ2n) is 10.9. The van der Waals surface area contributed by atoms with Crippen molar-refractivity contribution in [1.29, 1.82) is 0 Å². The number of phenols is 1. The van der Waals surface area contributed by atoms with Gasteiger partial charge in [-0.25, -0.2) is 39.9 Å². The van der Waals surface area contributed by atoms with E-state index in [2.05, 4.69) is 52.9 Å². The van der Waals surface area contributed by atoms with Crippen LogP contribution in [0, 0.1) is 27.7 Å². The molecule has 252 valence electrons. The van der Waals surface area contributed by atoms with Gasteiger partial charge in [-0.3, -0.25) is 0 Å². The summed E-state index contributed by atoms with van der Waals surface area (Å²) in [5, 5.41) is 13.5. The highest BCUT2D eigenvalue weighted by atomic mass is 35.5. The van der Waals surface area contributed by atoms with Crippen molar-refractivity contribution in [1.82, 2.24) is 39.9 Å². The predicted molar refractivity (Wildman–Crippen MR) is 197 cm³/mol. The Balaban J connectivity index is 0.000000130. The van der Waals surface area contributed by atoms with Gasteiger partial charge in [-0.15, -0.1) is 0 Å². The third-order valence-corrected chi connectivity index (χ3v) is 7.50. The van der Waals surface area contributed by atoms with Crippen molar-refractivity contribution in [3.63, 3.8) is 0 Å². The fourth-order valence-electron chi connectivity index (χ4n) is 4.87. The lowest BCUT2D eigenvalue weighted by molar-refractivity contribution is 0.418. The number of fused-ring (bicyclic) bond motifs is 4. The molecule has 0 spiro atoms. The van der Waals surface area contributed by atoms with Crippen molar-refractivity contribution < 1.29 is 14.6 Å². The van der Waals surface area contributed by atoms with Crippen molar-refractivity contribution >= 4 is 55.2 Å². The van der Waals surface area contributed by atoms with Crippen molar-refractivity contribution in [3.05, 3.63) is 126 Å². The molecule has 4 heterocycles. The van der Waals surface area contributed by atoms with Gasteiger partial charge in [0.25, 0.3) is 0 Å². The van der Waals surface area contributed by atoms with E-state index in [4.69, 9.17) is 21.1 Å². The molecule has 8 aromatic rings. The Bertz CT molecular complexity index is 2240. The van der Waals surface area contributed by atoms with Gasteiger partial charge in [0.05, 0.1) is 19.7 Å². The number of methoxy groups -OCH3 is 2. The molecule has 4 aromatic heterocycles. The molecule has 0 atom stereocenters. The Morgan fingerprint density at radius 2 is 0.880 bits per heavy atom. The lowest BCUT2D eigenvalue weighted by Crippen LogP contribution is -1.91. The van der Waals surface area contributed by atoms with E-state index in [0.717, 1.165) is 55.5 Å². The van der Waals surface area contributed by atoms with E-state index in [0.29, 0.717) is 17.1 Å². The third kappa shape index (κ3) is 8.69. The minimum Gasteiger partial charge on any atom is -0.506 e. The molecule has 11 nitrogen and oxygen atoms in total. The number of hydrogen-bond acceptors (Lipinski definition) is 11. The van der Waals surface area contributed by atoms with E-state index in [9.17, 15) is 5.11 Å². The zero-order valence-electron chi connectivity index (χ0n) is 28.5. The Morgan fingerprint density at radius 1 is 0.480 bits per heavy atom. The summed E-state index contributed by atoms with van der Waals surface area (Å²) < 4.78 is 10.3. The zero-order valence-corrected chi connectivity index (χ0v) is 29.2. The number of aromatic hydroxyl groups is 1. The topological polar surface area (TPSA) is 142 Å². The van der Waals surface area contributed by atoms with Gasteiger partial charge < -0.3 is 14.6 Å². The van der Waals surface area contributed by atoms with Crippen LogP contribution in [0.2, 0.25) is 5.28 Å². The first-order chi connectivity index (χ1) is 24.2. The van der Waals surface area contributed by atoms with E-state index < -0.39 is 0 Å². The predicted octanol–water partition coefficient (Wildman–Crippen LogP) is 8.13. The lowest BCUT2D eigenvalue weighted by Gasteiger charge is -2.03. The van der Waals surface area contributed by atoms with Crippen LogP contribution in [0.1, 0.15) is 23.0 Å². The number of hydrogen-bond donors (Lipinski definition) is 1. The Morgan fingerprint density at radius 3 is 1.42 bits per heavy atom. The van der Waals surface area contributed by atoms with E-state index >= 15 is 0 Å². The highest BCUT2D eigenvalue weighted by Crippen LogP contribution is 2.24. The van der Waals surface area contributed by atoms with Crippen LogP contribution in [0.5, 0.6) is 17.2 Å².